The van der Waals surface area contributed by atoms with E-state index in [2.05, 4.69) is 37.2 Å². The van der Waals surface area contributed by atoms with Crippen LogP contribution in [0.5, 0.6) is 11.5 Å². The minimum atomic E-state index is -0.825. The highest BCUT2D eigenvalue weighted by Gasteiger charge is 2.37. The van der Waals surface area contributed by atoms with Gasteiger partial charge in [0, 0.05) is 10.0 Å². The van der Waals surface area contributed by atoms with Gasteiger partial charge < -0.3 is 9.47 Å². The number of rotatable bonds is 7. The molecular weight excluding hydrogens is 628 g/mol. The molecule has 1 N–H and O–H groups in total. The zero-order valence-corrected chi connectivity index (χ0v) is 23.9. The van der Waals surface area contributed by atoms with Crippen molar-refractivity contribution in [3.63, 3.8) is 0 Å². The van der Waals surface area contributed by atoms with Crippen LogP contribution in [-0.2, 0) is 16.2 Å². The van der Waals surface area contributed by atoms with E-state index in [9.17, 15) is 14.4 Å². The number of anilines is 1. The summed E-state index contributed by atoms with van der Waals surface area (Å²) >= 11 is 7.02. The van der Waals surface area contributed by atoms with E-state index in [1.54, 1.807) is 30.3 Å². The lowest BCUT2D eigenvalue weighted by atomic mass is 10.0. The van der Waals surface area contributed by atoms with E-state index >= 15 is 0 Å². The maximum absolute atomic E-state index is 13.4. The molecule has 0 unspecified atom stereocenters. The molecule has 0 aliphatic carbocycles. The standard InChI is InChI=1S/C30H22Br2N2O5/c1-2-38-23-12-10-22(11-13-23)34-29(36)25(28(35)33-30(34)37)15-20-14-21(31)16-26(32)27(20)39-17-19-8-5-7-18-6-3-4-9-24(18)19/h3-16H,2,17H2,1H3,(H,33,35,37)/b25-15+. The fourth-order valence-corrected chi connectivity index (χ4v) is 5.69. The number of carbonyl (C=O) groups excluding carboxylic acids is 3. The highest BCUT2D eigenvalue weighted by Crippen LogP contribution is 2.36. The number of barbiturate groups is 1. The van der Waals surface area contributed by atoms with Crippen LogP contribution in [0.4, 0.5) is 10.5 Å². The van der Waals surface area contributed by atoms with Gasteiger partial charge in [0.1, 0.15) is 23.7 Å². The average Bonchev–Trinajstić information content (AvgIpc) is 2.91. The second-order valence-electron chi connectivity index (χ2n) is 8.62. The number of ether oxygens (including phenoxy) is 2. The van der Waals surface area contributed by atoms with Crippen LogP contribution in [0, 0.1) is 0 Å². The van der Waals surface area contributed by atoms with Gasteiger partial charge in [0.15, 0.2) is 0 Å². The number of nitrogens with one attached hydrogen (secondary N) is 1. The van der Waals surface area contributed by atoms with Crippen LogP contribution in [0.15, 0.2) is 93.4 Å². The lowest BCUT2D eigenvalue weighted by molar-refractivity contribution is -0.122. The average molecular weight is 650 g/mol. The third-order valence-electron chi connectivity index (χ3n) is 6.10. The number of hydrogen-bond donors (Lipinski definition) is 1. The van der Waals surface area contributed by atoms with E-state index < -0.39 is 17.8 Å². The summed E-state index contributed by atoms with van der Waals surface area (Å²) in [5.74, 6) is -0.485. The molecule has 4 aromatic rings. The topological polar surface area (TPSA) is 84.9 Å². The molecule has 0 atom stereocenters. The SMILES string of the molecule is CCOc1ccc(N2C(=O)NC(=O)/C(=C\c3cc(Br)cc(Br)c3OCc3cccc4ccccc34)C2=O)cc1. The van der Waals surface area contributed by atoms with Gasteiger partial charge in [-0.25, -0.2) is 9.69 Å². The largest absolute Gasteiger partial charge is 0.494 e. The molecule has 0 bridgehead atoms. The van der Waals surface area contributed by atoms with E-state index in [-0.39, 0.29) is 12.2 Å². The van der Waals surface area contributed by atoms with Crippen molar-refractivity contribution in [1.29, 1.82) is 0 Å². The zero-order chi connectivity index (χ0) is 27.5. The maximum atomic E-state index is 13.4. The summed E-state index contributed by atoms with van der Waals surface area (Å²) in [5.41, 5.74) is 1.57. The summed E-state index contributed by atoms with van der Waals surface area (Å²) in [7, 11) is 0. The van der Waals surface area contributed by atoms with Gasteiger partial charge in [-0.3, -0.25) is 14.9 Å². The van der Waals surface area contributed by atoms with E-state index in [0.717, 1.165) is 21.2 Å². The molecule has 5 rings (SSSR count). The predicted molar refractivity (Wildman–Crippen MR) is 157 cm³/mol. The lowest BCUT2D eigenvalue weighted by Gasteiger charge is -2.26. The quantitative estimate of drug-likeness (QED) is 0.172. The molecule has 0 aromatic heterocycles. The highest BCUT2D eigenvalue weighted by molar-refractivity contribution is 9.11. The van der Waals surface area contributed by atoms with Gasteiger partial charge in [-0.05, 0) is 81.7 Å². The minimum Gasteiger partial charge on any atom is -0.494 e. The number of nitrogens with zero attached hydrogens (tertiary/aromatic N) is 1. The molecule has 1 aliphatic rings. The first-order valence-corrected chi connectivity index (χ1v) is 13.7. The van der Waals surface area contributed by atoms with Gasteiger partial charge in [-0.1, -0.05) is 58.4 Å². The van der Waals surface area contributed by atoms with Crippen molar-refractivity contribution in [3.05, 3.63) is 105 Å². The highest BCUT2D eigenvalue weighted by atomic mass is 79.9. The van der Waals surface area contributed by atoms with Crippen molar-refractivity contribution in [2.45, 2.75) is 13.5 Å². The molecule has 1 aliphatic heterocycles. The smallest absolute Gasteiger partial charge is 0.335 e. The molecule has 1 heterocycles. The summed E-state index contributed by atoms with van der Waals surface area (Å²) in [6, 6.07) is 23.3. The third kappa shape index (κ3) is 5.60. The monoisotopic (exact) mass is 648 g/mol. The Bertz CT molecular complexity index is 1630. The second kappa shape index (κ2) is 11.4. The molecule has 0 spiro atoms. The number of hydrogen-bond acceptors (Lipinski definition) is 5. The second-order valence-corrected chi connectivity index (χ2v) is 10.4. The third-order valence-corrected chi connectivity index (χ3v) is 7.14. The Morgan fingerprint density at radius 3 is 2.41 bits per heavy atom. The summed E-state index contributed by atoms with van der Waals surface area (Å²) in [6.07, 6.45) is 1.43. The lowest BCUT2D eigenvalue weighted by Crippen LogP contribution is -2.54. The number of urea groups is 1. The first kappa shape index (κ1) is 26.6. The van der Waals surface area contributed by atoms with Crippen LogP contribution < -0.4 is 19.7 Å². The normalized spacial score (nSPS) is 14.6. The van der Waals surface area contributed by atoms with E-state index in [1.165, 1.54) is 6.08 Å². The van der Waals surface area contributed by atoms with Crippen LogP contribution in [0.2, 0.25) is 0 Å². The van der Waals surface area contributed by atoms with Gasteiger partial charge in [0.25, 0.3) is 11.8 Å². The molecule has 4 amide bonds. The van der Waals surface area contributed by atoms with E-state index in [0.29, 0.717) is 38.3 Å². The van der Waals surface area contributed by atoms with Crippen LogP contribution >= 0.6 is 31.9 Å². The van der Waals surface area contributed by atoms with Crippen LogP contribution in [0.3, 0.4) is 0 Å². The fraction of sp³-hybridized carbons (Fsp3) is 0.100. The molecule has 0 saturated carbocycles. The first-order chi connectivity index (χ1) is 18.9. The Morgan fingerprint density at radius 1 is 0.897 bits per heavy atom. The summed E-state index contributed by atoms with van der Waals surface area (Å²) in [6.45, 7) is 2.60. The number of halogens is 2. The first-order valence-electron chi connectivity index (χ1n) is 12.1. The number of carbonyl (C=O) groups is 3. The summed E-state index contributed by atoms with van der Waals surface area (Å²) in [4.78, 5) is 39.8. The molecule has 7 nitrogen and oxygen atoms in total. The summed E-state index contributed by atoms with van der Waals surface area (Å²) in [5, 5.41) is 4.42. The molecule has 9 heteroatoms. The number of imide groups is 2. The number of amides is 4. The fourth-order valence-electron chi connectivity index (χ4n) is 4.31. The van der Waals surface area contributed by atoms with Gasteiger partial charge in [-0.15, -0.1) is 0 Å². The van der Waals surface area contributed by atoms with Crippen molar-refractivity contribution in [2.24, 2.45) is 0 Å². The van der Waals surface area contributed by atoms with Gasteiger partial charge in [0.2, 0.25) is 0 Å². The van der Waals surface area contributed by atoms with E-state index in [1.807, 2.05) is 55.5 Å². The van der Waals surface area contributed by atoms with Crippen molar-refractivity contribution in [2.75, 3.05) is 11.5 Å². The Kier molecular flexibility index (Phi) is 7.81. The molecule has 196 valence electrons. The van der Waals surface area contributed by atoms with Crippen molar-refractivity contribution < 1.29 is 23.9 Å². The number of benzene rings is 4. The van der Waals surface area contributed by atoms with Gasteiger partial charge in [0.05, 0.1) is 16.8 Å². The van der Waals surface area contributed by atoms with Crippen LogP contribution in [0.1, 0.15) is 18.1 Å². The maximum Gasteiger partial charge on any atom is 0.335 e. The molecular formula is C30H22Br2N2O5. The number of fused-ring (bicyclic) bond motifs is 1. The molecule has 1 saturated heterocycles. The van der Waals surface area contributed by atoms with Crippen molar-refractivity contribution in [1.82, 2.24) is 5.32 Å². The van der Waals surface area contributed by atoms with Crippen LogP contribution in [0.25, 0.3) is 16.8 Å². The zero-order valence-electron chi connectivity index (χ0n) is 20.7. The summed E-state index contributed by atoms with van der Waals surface area (Å²) < 4.78 is 13.0. The Hall–Kier alpha value is -3.95. The minimum absolute atomic E-state index is 0.205. The van der Waals surface area contributed by atoms with E-state index in [4.69, 9.17) is 9.47 Å². The van der Waals surface area contributed by atoms with Crippen molar-refractivity contribution in [3.8, 4) is 11.5 Å². The molecule has 0 radical (unpaired) electrons. The molecule has 1 fully saturated rings. The van der Waals surface area contributed by atoms with Crippen LogP contribution in [-0.4, -0.2) is 24.5 Å². The Morgan fingerprint density at radius 2 is 1.64 bits per heavy atom. The molecule has 4 aromatic carbocycles. The van der Waals surface area contributed by atoms with Crippen molar-refractivity contribution >= 4 is 72.2 Å². The molecule has 39 heavy (non-hydrogen) atoms. The van der Waals surface area contributed by atoms with Gasteiger partial charge >= 0.3 is 6.03 Å². The van der Waals surface area contributed by atoms with Gasteiger partial charge in [-0.2, -0.15) is 0 Å². The predicted octanol–water partition coefficient (Wildman–Crippen LogP) is 7.01. The Labute approximate surface area is 241 Å². The Balaban J connectivity index is 1.49.